The van der Waals surface area contributed by atoms with E-state index in [1.165, 1.54) is 6.21 Å². The Morgan fingerprint density at radius 3 is 2.38 bits per heavy atom. The van der Waals surface area contributed by atoms with Crippen LogP contribution < -0.4 is 14.9 Å². The zero-order valence-electron chi connectivity index (χ0n) is 16.2. The summed E-state index contributed by atoms with van der Waals surface area (Å²) in [6.07, 6.45) is 1.53. The van der Waals surface area contributed by atoms with Crippen LogP contribution in [0.1, 0.15) is 15.9 Å². The van der Waals surface area contributed by atoms with E-state index in [4.69, 9.17) is 14.2 Å². The zero-order chi connectivity index (χ0) is 20.5. The van der Waals surface area contributed by atoms with Crippen molar-refractivity contribution in [3.63, 3.8) is 0 Å². The highest BCUT2D eigenvalue weighted by atomic mass is 16.5. The molecule has 8 nitrogen and oxygen atoms in total. The number of hydrogen-bond acceptors (Lipinski definition) is 7. The molecule has 29 heavy (non-hydrogen) atoms. The number of nitrogens with one attached hydrogen (secondary N) is 1. The Kier molecular flexibility index (Phi) is 7.32. The molecule has 0 unspecified atom stereocenters. The summed E-state index contributed by atoms with van der Waals surface area (Å²) in [6, 6.07) is 13.5. The monoisotopic (exact) mass is 397 g/mol. The van der Waals surface area contributed by atoms with Crippen molar-refractivity contribution >= 4 is 18.1 Å². The fraction of sp³-hybridized carbons (Fsp3) is 0.286. The van der Waals surface area contributed by atoms with E-state index in [2.05, 4.69) is 10.5 Å². The molecule has 1 fully saturated rings. The van der Waals surface area contributed by atoms with Gasteiger partial charge in [-0.15, -0.1) is 0 Å². The van der Waals surface area contributed by atoms with Crippen molar-refractivity contribution in [1.29, 1.82) is 0 Å². The van der Waals surface area contributed by atoms with E-state index >= 15 is 0 Å². The molecule has 2 aromatic carbocycles. The Balaban J connectivity index is 1.46. The number of hydrazone groups is 1. The second-order valence-electron chi connectivity index (χ2n) is 6.37. The Morgan fingerprint density at radius 2 is 1.72 bits per heavy atom. The number of nitrogens with zero attached hydrogens (tertiary/aromatic N) is 2. The Hall–Kier alpha value is -3.23. The summed E-state index contributed by atoms with van der Waals surface area (Å²) in [5, 5.41) is 3.96. The van der Waals surface area contributed by atoms with E-state index in [-0.39, 0.29) is 5.91 Å². The Labute approximate surface area is 169 Å². The minimum Gasteiger partial charge on any atom is -0.497 e. The zero-order valence-corrected chi connectivity index (χ0v) is 16.2. The molecule has 152 valence electrons. The highest BCUT2D eigenvalue weighted by Crippen LogP contribution is 2.16. The summed E-state index contributed by atoms with van der Waals surface area (Å²) >= 11 is 0. The summed E-state index contributed by atoms with van der Waals surface area (Å²) in [4.78, 5) is 26.1. The van der Waals surface area contributed by atoms with Crippen LogP contribution in [0.2, 0.25) is 0 Å². The summed E-state index contributed by atoms with van der Waals surface area (Å²) in [5.41, 5.74) is 3.70. The smallest absolute Gasteiger partial charge is 0.343 e. The van der Waals surface area contributed by atoms with E-state index in [1.54, 1.807) is 55.6 Å². The largest absolute Gasteiger partial charge is 0.497 e. The molecular formula is C21H23N3O5. The molecule has 0 saturated carbocycles. The summed E-state index contributed by atoms with van der Waals surface area (Å²) < 4.78 is 15.7. The van der Waals surface area contributed by atoms with E-state index in [9.17, 15) is 9.59 Å². The lowest BCUT2D eigenvalue weighted by Gasteiger charge is -2.25. The molecule has 0 atom stereocenters. The number of benzene rings is 2. The van der Waals surface area contributed by atoms with Crippen LogP contribution in [0, 0.1) is 0 Å². The van der Waals surface area contributed by atoms with Crippen LogP contribution in [0.25, 0.3) is 0 Å². The fourth-order valence-corrected chi connectivity index (χ4v) is 2.69. The average Bonchev–Trinajstić information content (AvgIpc) is 2.75. The fourth-order valence-electron chi connectivity index (χ4n) is 2.69. The van der Waals surface area contributed by atoms with Gasteiger partial charge < -0.3 is 14.2 Å². The lowest BCUT2D eigenvalue weighted by molar-refractivity contribution is -0.123. The van der Waals surface area contributed by atoms with Gasteiger partial charge in [-0.1, -0.05) is 0 Å². The molecule has 3 rings (SSSR count). The maximum atomic E-state index is 12.2. The SMILES string of the molecule is COc1ccc(C(=O)Oc2ccc(/C=N/NC(=O)CN3CCOCC3)cc2)cc1. The van der Waals surface area contributed by atoms with Gasteiger partial charge in [0.1, 0.15) is 11.5 Å². The first-order valence-electron chi connectivity index (χ1n) is 9.22. The highest BCUT2D eigenvalue weighted by molar-refractivity contribution is 5.91. The molecule has 0 spiro atoms. The van der Waals surface area contributed by atoms with Gasteiger partial charge in [-0.25, -0.2) is 10.2 Å². The number of rotatable bonds is 7. The summed E-state index contributed by atoms with van der Waals surface area (Å²) in [6.45, 7) is 3.07. The van der Waals surface area contributed by atoms with Crippen molar-refractivity contribution in [2.24, 2.45) is 5.10 Å². The van der Waals surface area contributed by atoms with E-state index < -0.39 is 5.97 Å². The Bertz CT molecular complexity index is 844. The molecule has 1 saturated heterocycles. The van der Waals surface area contributed by atoms with Crippen LogP contribution in [0.5, 0.6) is 11.5 Å². The van der Waals surface area contributed by atoms with Crippen LogP contribution in [0.4, 0.5) is 0 Å². The number of hydrogen-bond donors (Lipinski definition) is 1. The molecule has 1 heterocycles. The van der Waals surface area contributed by atoms with E-state index in [1.807, 2.05) is 4.90 Å². The van der Waals surface area contributed by atoms with Gasteiger partial charge in [0.15, 0.2) is 0 Å². The molecule has 0 radical (unpaired) electrons. The van der Waals surface area contributed by atoms with E-state index in [0.717, 1.165) is 18.7 Å². The quantitative estimate of drug-likeness (QED) is 0.331. The number of esters is 1. The number of amides is 1. The number of carbonyl (C=O) groups excluding carboxylic acids is 2. The first-order chi connectivity index (χ1) is 14.1. The van der Waals surface area contributed by atoms with Crippen molar-refractivity contribution in [3.8, 4) is 11.5 Å². The van der Waals surface area contributed by atoms with Crippen molar-refractivity contribution in [2.45, 2.75) is 0 Å². The van der Waals surface area contributed by atoms with Gasteiger partial charge in [-0.05, 0) is 54.1 Å². The molecule has 0 bridgehead atoms. The van der Waals surface area contributed by atoms with Crippen molar-refractivity contribution < 1.29 is 23.8 Å². The maximum absolute atomic E-state index is 12.2. The lowest BCUT2D eigenvalue weighted by Crippen LogP contribution is -2.42. The first kappa shape index (κ1) is 20.5. The molecule has 2 aromatic rings. The van der Waals surface area contributed by atoms with E-state index in [0.29, 0.717) is 36.8 Å². The first-order valence-corrected chi connectivity index (χ1v) is 9.22. The predicted molar refractivity (Wildman–Crippen MR) is 107 cm³/mol. The topological polar surface area (TPSA) is 89.5 Å². The summed E-state index contributed by atoms with van der Waals surface area (Å²) in [7, 11) is 1.56. The normalized spacial score (nSPS) is 14.5. The van der Waals surface area contributed by atoms with Crippen molar-refractivity contribution in [3.05, 3.63) is 59.7 Å². The minimum atomic E-state index is -0.454. The molecular weight excluding hydrogens is 374 g/mol. The molecule has 1 aliphatic rings. The molecule has 0 aromatic heterocycles. The molecule has 0 aliphatic carbocycles. The van der Waals surface area contributed by atoms with Gasteiger partial charge in [-0.3, -0.25) is 9.69 Å². The standard InChI is InChI=1S/C21H23N3O5/c1-27-18-8-4-17(5-9-18)21(26)29-19-6-2-16(3-7-19)14-22-23-20(25)15-24-10-12-28-13-11-24/h2-9,14H,10-13,15H2,1H3,(H,23,25)/b22-14+. The van der Waals surface area contributed by atoms with Crippen LogP contribution >= 0.6 is 0 Å². The molecule has 1 N–H and O–H groups in total. The molecule has 1 amide bonds. The highest BCUT2D eigenvalue weighted by Gasteiger charge is 2.13. The number of ether oxygens (including phenoxy) is 3. The molecule has 1 aliphatic heterocycles. The van der Waals surface area contributed by atoms with Gasteiger partial charge in [0.25, 0.3) is 5.91 Å². The van der Waals surface area contributed by atoms with Gasteiger partial charge in [0.2, 0.25) is 0 Å². The second-order valence-corrected chi connectivity index (χ2v) is 6.37. The van der Waals surface area contributed by atoms with Crippen molar-refractivity contribution in [2.75, 3.05) is 40.0 Å². The van der Waals surface area contributed by atoms with Gasteiger partial charge >= 0.3 is 5.97 Å². The number of morpholine rings is 1. The number of carbonyl (C=O) groups is 2. The third-order valence-corrected chi connectivity index (χ3v) is 4.29. The van der Waals surface area contributed by atoms with Gasteiger partial charge in [0.05, 0.1) is 38.6 Å². The van der Waals surface area contributed by atoms with Gasteiger partial charge in [0, 0.05) is 13.1 Å². The van der Waals surface area contributed by atoms with Crippen LogP contribution in [-0.2, 0) is 9.53 Å². The third-order valence-electron chi connectivity index (χ3n) is 4.29. The predicted octanol–water partition coefficient (Wildman–Crippen LogP) is 1.70. The summed E-state index contributed by atoms with van der Waals surface area (Å²) in [5.74, 6) is 0.458. The second kappa shape index (κ2) is 10.4. The van der Waals surface area contributed by atoms with Crippen LogP contribution in [-0.4, -0.2) is 62.9 Å². The van der Waals surface area contributed by atoms with Crippen LogP contribution in [0.3, 0.4) is 0 Å². The third kappa shape index (κ3) is 6.41. The van der Waals surface area contributed by atoms with Crippen LogP contribution in [0.15, 0.2) is 53.6 Å². The minimum absolute atomic E-state index is 0.173. The average molecular weight is 397 g/mol. The van der Waals surface area contributed by atoms with Gasteiger partial charge in [-0.2, -0.15) is 5.10 Å². The Morgan fingerprint density at radius 1 is 1.07 bits per heavy atom. The maximum Gasteiger partial charge on any atom is 0.343 e. The lowest BCUT2D eigenvalue weighted by atomic mass is 10.2. The number of methoxy groups -OCH3 is 1. The van der Waals surface area contributed by atoms with Crippen molar-refractivity contribution in [1.82, 2.24) is 10.3 Å². The molecule has 8 heteroatoms.